The van der Waals surface area contributed by atoms with Gasteiger partial charge in [0, 0.05) is 0 Å². The summed E-state index contributed by atoms with van der Waals surface area (Å²) >= 11 is 0. The average Bonchev–Trinajstić information content (AvgIpc) is 2.45. The molecule has 1 N–H and O–H groups in total. The molecule has 1 unspecified atom stereocenters. The highest BCUT2D eigenvalue weighted by molar-refractivity contribution is 5.86. The fourth-order valence-electron chi connectivity index (χ4n) is 3.06. The zero-order valence-electron chi connectivity index (χ0n) is 12.7. The van der Waals surface area contributed by atoms with Crippen LogP contribution in [0.5, 0.6) is 0 Å². The van der Waals surface area contributed by atoms with Crippen molar-refractivity contribution < 1.29 is 5.11 Å². The molecule has 1 atom stereocenters. The van der Waals surface area contributed by atoms with Crippen molar-refractivity contribution in [2.45, 2.75) is 26.4 Å². The third-order valence-corrected chi connectivity index (χ3v) is 4.10. The van der Waals surface area contributed by atoms with E-state index in [2.05, 4.69) is 50.2 Å². The molecule has 106 valence electrons. The number of aryl methyl sites for hydroxylation is 2. The lowest BCUT2D eigenvalue weighted by Gasteiger charge is -2.27. The van der Waals surface area contributed by atoms with Crippen molar-refractivity contribution in [2.24, 2.45) is 0 Å². The van der Waals surface area contributed by atoms with Gasteiger partial charge in [0.15, 0.2) is 0 Å². The van der Waals surface area contributed by atoms with E-state index in [4.69, 9.17) is 0 Å². The first-order valence-electron chi connectivity index (χ1n) is 7.28. The number of fused-ring (bicyclic) bond motifs is 1. The first-order chi connectivity index (χ1) is 9.98. The topological polar surface area (TPSA) is 20.2 Å². The number of aliphatic hydroxyl groups is 1. The molecular formula is C20H20O. The minimum atomic E-state index is -1.00. The first-order valence-corrected chi connectivity index (χ1v) is 7.28. The lowest BCUT2D eigenvalue weighted by molar-refractivity contribution is 0.104. The summed E-state index contributed by atoms with van der Waals surface area (Å²) in [5.41, 5.74) is 3.23. The number of hydrogen-bond donors (Lipinski definition) is 1. The standard InChI is InChI=1S/C20H20O/c1-14-11-15(2)13-17(12-14)20(3,21)19-10-6-8-16-7-4-5-9-18(16)19/h4-13,21H,1-3H3. The summed E-state index contributed by atoms with van der Waals surface area (Å²) in [6.07, 6.45) is 0. The molecule has 0 radical (unpaired) electrons. The smallest absolute Gasteiger partial charge is 0.112 e. The highest BCUT2D eigenvalue weighted by atomic mass is 16.3. The molecule has 0 heterocycles. The van der Waals surface area contributed by atoms with Crippen molar-refractivity contribution in [3.05, 3.63) is 82.9 Å². The van der Waals surface area contributed by atoms with Gasteiger partial charge in [-0.3, -0.25) is 0 Å². The SMILES string of the molecule is Cc1cc(C)cc(C(C)(O)c2cccc3ccccc23)c1. The first kappa shape index (κ1) is 13.8. The molecule has 0 aromatic heterocycles. The van der Waals surface area contributed by atoms with Crippen LogP contribution in [0.1, 0.15) is 29.2 Å². The van der Waals surface area contributed by atoms with Crippen LogP contribution in [0.4, 0.5) is 0 Å². The molecule has 1 nitrogen and oxygen atoms in total. The minimum absolute atomic E-state index is 0.941. The minimum Gasteiger partial charge on any atom is -0.381 e. The molecular weight excluding hydrogens is 256 g/mol. The van der Waals surface area contributed by atoms with E-state index in [0.29, 0.717) is 0 Å². The van der Waals surface area contributed by atoms with Gasteiger partial charge in [-0.2, -0.15) is 0 Å². The lowest BCUT2D eigenvalue weighted by atomic mass is 9.84. The summed E-state index contributed by atoms with van der Waals surface area (Å²) in [5.74, 6) is 0. The van der Waals surface area contributed by atoms with Crippen LogP contribution in [-0.2, 0) is 5.60 Å². The van der Waals surface area contributed by atoms with Crippen LogP contribution in [-0.4, -0.2) is 5.11 Å². The normalized spacial score (nSPS) is 14.1. The highest BCUT2D eigenvalue weighted by Gasteiger charge is 2.27. The average molecular weight is 276 g/mol. The quantitative estimate of drug-likeness (QED) is 0.718. The zero-order valence-corrected chi connectivity index (χ0v) is 12.7. The zero-order chi connectivity index (χ0) is 15.0. The Morgan fingerprint density at radius 2 is 1.43 bits per heavy atom. The molecule has 0 bridgehead atoms. The second-order valence-electron chi connectivity index (χ2n) is 5.98. The Labute approximate surface area is 125 Å². The van der Waals surface area contributed by atoms with E-state index < -0.39 is 5.60 Å². The van der Waals surface area contributed by atoms with E-state index in [0.717, 1.165) is 21.9 Å². The van der Waals surface area contributed by atoms with Crippen LogP contribution in [0.15, 0.2) is 60.7 Å². The predicted molar refractivity (Wildman–Crippen MR) is 88.5 cm³/mol. The largest absolute Gasteiger partial charge is 0.381 e. The molecule has 0 spiro atoms. The number of hydrogen-bond acceptors (Lipinski definition) is 1. The summed E-state index contributed by atoms with van der Waals surface area (Å²) < 4.78 is 0. The summed E-state index contributed by atoms with van der Waals surface area (Å²) in [5, 5.41) is 13.5. The van der Waals surface area contributed by atoms with E-state index in [1.165, 1.54) is 11.1 Å². The third kappa shape index (κ3) is 2.45. The summed E-state index contributed by atoms with van der Waals surface area (Å²) in [6.45, 7) is 6.01. The molecule has 21 heavy (non-hydrogen) atoms. The number of rotatable bonds is 2. The van der Waals surface area contributed by atoms with Crippen molar-refractivity contribution in [1.82, 2.24) is 0 Å². The molecule has 0 aliphatic heterocycles. The molecule has 0 amide bonds. The van der Waals surface area contributed by atoms with Crippen molar-refractivity contribution in [1.29, 1.82) is 0 Å². The molecule has 0 saturated heterocycles. The van der Waals surface area contributed by atoms with Gasteiger partial charge >= 0.3 is 0 Å². The summed E-state index contributed by atoms with van der Waals surface area (Å²) in [7, 11) is 0. The fraction of sp³-hybridized carbons (Fsp3) is 0.200. The van der Waals surface area contributed by atoms with Gasteiger partial charge < -0.3 is 5.11 Å². The van der Waals surface area contributed by atoms with Gasteiger partial charge in [-0.05, 0) is 42.7 Å². The summed E-state index contributed by atoms with van der Waals surface area (Å²) in [6, 6.07) is 20.6. The van der Waals surface area contributed by atoms with Gasteiger partial charge in [-0.1, -0.05) is 71.8 Å². The van der Waals surface area contributed by atoms with Gasteiger partial charge in [-0.25, -0.2) is 0 Å². The Hall–Kier alpha value is -2.12. The van der Waals surface area contributed by atoms with E-state index >= 15 is 0 Å². The molecule has 0 aliphatic carbocycles. The van der Waals surface area contributed by atoms with Gasteiger partial charge in [-0.15, -0.1) is 0 Å². The molecule has 3 aromatic rings. The molecule has 1 heteroatoms. The van der Waals surface area contributed by atoms with E-state index in [1.54, 1.807) is 0 Å². The van der Waals surface area contributed by atoms with Crippen molar-refractivity contribution in [3.63, 3.8) is 0 Å². The highest BCUT2D eigenvalue weighted by Crippen LogP contribution is 2.34. The monoisotopic (exact) mass is 276 g/mol. The van der Waals surface area contributed by atoms with E-state index in [-0.39, 0.29) is 0 Å². The predicted octanol–water partition coefficient (Wildman–Crippen LogP) is 4.71. The van der Waals surface area contributed by atoms with Gasteiger partial charge in [0.1, 0.15) is 5.60 Å². The summed E-state index contributed by atoms with van der Waals surface area (Å²) in [4.78, 5) is 0. The Morgan fingerprint density at radius 1 is 0.810 bits per heavy atom. The van der Waals surface area contributed by atoms with Crippen LogP contribution in [0.2, 0.25) is 0 Å². The maximum absolute atomic E-state index is 11.2. The van der Waals surface area contributed by atoms with E-state index in [1.807, 2.05) is 31.2 Å². The van der Waals surface area contributed by atoms with Crippen LogP contribution in [0.25, 0.3) is 10.8 Å². The maximum Gasteiger partial charge on any atom is 0.112 e. The maximum atomic E-state index is 11.2. The van der Waals surface area contributed by atoms with Crippen molar-refractivity contribution >= 4 is 10.8 Å². The van der Waals surface area contributed by atoms with E-state index in [9.17, 15) is 5.11 Å². The number of benzene rings is 3. The third-order valence-electron chi connectivity index (χ3n) is 4.10. The van der Waals surface area contributed by atoms with Gasteiger partial charge in [0.25, 0.3) is 0 Å². The van der Waals surface area contributed by atoms with Crippen molar-refractivity contribution in [3.8, 4) is 0 Å². The Kier molecular flexibility index (Phi) is 3.30. The van der Waals surface area contributed by atoms with Crippen molar-refractivity contribution in [2.75, 3.05) is 0 Å². The Bertz CT molecular complexity index is 774. The molecule has 0 saturated carbocycles. The molecule has 3 rings (SSSR count). The Morgan fingerprint density at radius 3 is 2.14 bits per heavy atom. The molecule has 0 aliphatic rings. The van der Waals surface area contributed by atoms with Gasteiger partial charge in [0.2, 0.25) is 0 Å². The van der Waals surface area contributed by atoms with Crippen LogP contribution in [0, 0.1) is 13.8 Å². The van der Waals surface area contributed by atoms with Crippen LogP contribution in [0.3, 0.4) is 0 Å². The Balaban J connectivity index is 2.24. The lowest BCUT2D eigenvalue weighted by Crippen LogP contribution is -2.23. The van der Waals surface area contributed by atoms with Crippen LogP contribution >= 0.6 is 0 Å². The van der Waals surface area contributed by atoms with Gasteiger partial charge in [0.05, 0.1) is 0 Å². The van der Waals surface area contributed by atoms with Crippen LogP contribution < -0.4 is 0 Å². The fourth-order valence-corrected chi connectivity index (χ4v) is 3.06. The molecule has 0 fully saturated rings. The second kappa shape index (κ2) is 5.01. The second-order valence-corrected chi connectivity index (χ2v) is 5.98. The molecule has 3 aromatic carbocycles.